The zero-order valence-electron chi connectivity index (χ0n) is 13.0. The van der Waals surface area contributed by atoms with E-state index in [1.165, 1.54) is 24.3 Å². The van der Waals surface area contributed by atoms with Crippen LogP contribution in [0.15, 0.2) is 30.3 Å². The number of benzene rings is 1. The summed E-state index contributed by atoms with van der Waals surface area (Å²) in [6.45, 7) is 7.30. The molecule has 1 aromatic carbocycles. The molecule has 0 saturated carbocycles. The van der Waals surface area contributed by atoms with Gasteiger partial charge in [-0.05, 0) is 27.7 Å². The molecule has 4 nitrogen and oxygen atoms in total. The molecule has 0 spiro atoms. The van der Waals surface area contributed by atoms with Crippen LogP contribution in [0.25, 0.3) is 0 Å². The van der Waals surface area contributed by atoms with Gasteiger partial charge in [0.25, 0.3) is 5.91 Å². The zero-order chi connectivity index (χ0) is 16.5. The van der Waals surface area contributed by atoms with Crippen molar-refractivity contribution in [2.45, 2.75) is 39.7 Å². The number of anilines is 1. The molecule has 2 rings (SSSR count). The molecule has 0 aliphatic carbocycles. The fraction of sp³-hybridized carbons (Fsp3) is 0.375. The Morgan fingerprint density at radius 3 is 2.32 bits per heavy atom. The van der Waals surface area contributed by atoms with E-state index >= 15 is 0 Å². The summed E-state index contributed by atoms with van der Waals surface area (Å²) in [5.41, 5.74) is 1.18. The Balaban J connectivity index is 2.30. The molecule has 0 fully saturated rings. The number of aryl methyl sites for hydroxylation is 1. The first kappa shape index (κ1) is 16.1. The SMILES string of the molecule is Cc1nn(C(C)C)c(C)c1NC(=O)C(F)(F)c1ccccc1. The topological polar surface area (TPSA) is 46.9 Å². The third-order valence-corrected chi connectivity index (χ3v) is 3.47. The number of carbonyl (C=O) groups excluding carboxylic acids is 1. The molecule has 0 aliphatic heterocycles. The average molecular weight is 307 g/mol. The number of hydrogen-bond acceptors (Lipinski definition) is 2. The summed E-state index contributed by atoms with van der Waals surface area (Å²) in [6, 6.07) is 7.12. The van der Waals surface area contributed by atoms with Crippen molar-refractivity contribution in [1.82, 2.24) is 9.78 Å². The van der Waals surface area contributed by atoms with Crippen molar-refractivity contribution >= 4 is 11.6 Å². The second kappa shape index (κ2) is 5.87. The number of halogens is 2. The van der Waals surface area contributed by atoms with E-state index in [1.54, 1.807) is 24.6 Å². The van der Waals surface area contributed by atoms with Gasteiger partial charge in [-0.3, -0.25) is 9.48 Å². The number of carbonyl (C=O) groups is 1. The molecule has 0 saturated heterocycles. The molecule has 6 heteroatoms. The molecule has 1 N–H and O–H groups in total. The summed E-state index contributed by atoms with van der Waals surface area (Å²) in [4.78, 5) is 12.0. The van der Waals surface area contributed by atoms with Crippen LogP contribution >= 0.6 is 0 Å². The normalized spacial score (nSPS) is 11.8. The molecular formula is C16H19F2N3O. The van der Waals surface area contributed by atoms with Gasteiger partial charge in [-0.2, -0.15) is 13.9 Å². The summed E-state index contributed by atoms with van der Waals surface area (Å²) in [7, 11) is 0. The van der Waals surface area contributed by atoms with Gasteiger partial charge in [-0.25, -0.2) is 0 Å². The van der Waals surface area contributed by atoms with Crippen LogP contribution in [-0.4, -0.2) is 15.7 Å². The fourth-order valence-corrected chi connectivity index (χ4v) is 2.32. The van der Waals surface area contributed by atoms with Crippen molar-refractivity contribution in [3.05, 3.63) is 47.3 Å². The third-order valence-electron chi connectivity index (χ3n) is 3.47. The van der Waals surface area contributed by atoms with E-state index < -0.39 is 11.8 Å². The van der Waals surface area contributed by atoms with Crippen LogP contribution < -0.4 is 5.32 Å². The maximum absolute atomic E-state index is 14.2. The van der Waals surface area contributed by atoms with E-state index in [0.717, 1.165) is 0 Å². The second-order valence-electron chi connectivity index (χ2n) is 5.48. The Morgan fingerprint density at radius 1 is 1.23 bits per heavy atom. The lowest BCUT2D eigenvalue weighted by atomic mass is 10.1. The van der Waals surface area contributed by atoms with Crippen LogP contribution in [-0.2, 0) is 10.7 Å². The molecule has 0 radical (unpaired) electrons. The van der Waals surface area contributed by atoms with Gasteiger partial charge in [0.15, 0.2) is 0 Å². The first-order valence-electron chi connectivity index (χ1n) is 7.05. The zero-order valence-corrected chi connectivity index (χ0v) is 13.0. The molecule has 0 unspecified atom stereocenters. The van der Waals surface area contributed by atoms with Crippen LogP contribution in [0.3, 0.4) is 0 Å². The van der Waals surface area contributed by atoms with Crippen molar-refractivity contribution in [2.75, 3.05) is 5.32 Å². The van der Waals surface area contributed by atoms with E-state index in [1.807, 2.05) is 13.8 Å². The maximum atomic E-state index is 14.2. The predicted molar refractivity (Wildman–Crippen MR) is 81.1 cm³/mol. The fourth-order valence-electron chi connectivity index (χ4n) is 2.32. The lowest BCUT2D eigenvalue weighted by Crippen LogP contribution is -2.32. The number of nitrogens with one attached hydrogen (secondary N) is 1. The quantitative estimate of drug-likeness (QED) is 0.933. The molecule has 22 heavy (non-hydrogen) atoms. The highest BCUT2D eigenvalue weighted by molar-refractivity contribution is 5.97. The van der Waals surface area contributed by atoms with E-state index in [4.69, 9.17) is 0 Å². The highest BCUT2D eigenvalue weighted by Gasteiger charge is 2.41. The third kappa shape index (κ3) is 2.86. The van der Waals surface area contributed by atoms with Gasteiger partial charge < -0.3 is 5.32 Å². The van der Waals surface area contributed by atoms with Gasteiger partial charge in [0.1, 0.15) is 0 Å². The minimum absolute atomic E-state index is 0.0824. The van der Waals surface area contributed by atoms with E-state index in [2.05, 4.69) is 10.4 Å². The average Bonchev–Trinajstić information content (AvgIpc) is 2.76. The van der Waals surface area contributed by atoms with E-state index in [0.29, 0.717) is 17.1 Å². The number of hydrogen-bond donors (Lipinski definition) is 1. The van der Waals surface area contributed by atoms with Crippen LogP contribution in [0.4, 0.5) is 14.5 Å². The highest BCUT2D eigenvalue weighted by Crippen LogP contribution is 2.31. The molecule has 0 atom stereocenters. The van der Waals surface area contributed by atoms with Crippen molar-refractivity contribution < 1.29 is 13.6 Å². The minimum atomic E-state index is -3.60. The molecule has 1 aromatic heterocycles. The Bertz CT molecular complexity index is 678. The second-order valence-corrected chi connectivity index (χ2v) is 5.48. The molecule has 1 amide bonds. The van der Waals surface area contributed by atoms with Gasteiger partial charge in [-0.1, -0.05) is 30.3 Å². The molecule has 0 aliphatic rings. The van der Waals surface area contributed by atoms with Crippen molar-refractivity contribution in [1.29, 1.82) is 0 Å². The molecule has 1 heterocycles. The first-order valence-corrected chi connectivity index (χ1v) is 7.05. The van der Waals surface area contributed by atoms with Crippen LogP contribution in [0.2, 0.25) is 0 Å². The van der Waals surface area contributed by atoms with Crippen LogP contribution in [0.5, 0.6) is 0 Å². The van der Waals surface area contributed by atoms with Crippen molar-refractivity contribution in [3.8, 4) is 0 Å². The number of alkyl halides is 2. The largest absolute Gasteiger partial charge is 0.350 e. The van der Waals surface area contributed by atoms with Crippen molar-refractivity contribution in [3.63, 3.8) is 0 Å². The van der Waals surface area contributed by atoms with Gasteiger partial charge in [0.05, 0.1) is 17.1 Å². The number of nitrogens with zero attached hydrogens (tertiary/aromatic N) is 2. The summed E-state index contributed by atoms with van der Waals surface area (Å²) in [6.07, 6.45) is 0. The summed E-state index contributed by atoms with van der Waals surface area (Å²) in [5, 5.41) is 6.59. The van der Waals surface area contributed by atoms with Crippen molar-refractivity contribution in [2.24, 2.45) is 0 Å². The monoisotopic (exact) mass is 307 g/mol. The lowest BCUT2D eigenvalue weighted by molar-refractivity contribution is -0.140. The summed E-state index contributed by atoms with van der Waals surface area (Å²) < 4.78 is 30.1. The van der Waals surface area contributed by atoms with E-state index in [-0.39, 0.29) is 11.6 Å². The lowest BCUT2D eigenvalue weighted by Gasteiger charge is -2.16. The first-order chi connectivity index (χ1) is 10.2. The Labute approximate surface area is 128 Å². The summed E-state index contributed by atoms with van der Waals surface area (Å²) >= 11 is 0. The molecule has 2 aromatic rings. The standard InChI is InChI=1S/C16H19F2N3O/c1-10(2)21-12(4)14(11(3)20-21)19-15(22)16(17,18)13-8-6-5-7-9-13/h5-10H,1-4H3,(H,19,22). The molecular weight excluding hydrogens is 288 g/mol. The van der Waals surface area contributed by atoms with Gasteiger partial charge in [-0.15, -0.1) is 0 Å². The van der Waals surface area contributed by atoms with Gasteiger partial charge in [0, 0.05) is 11.6 Å². The Hall–Kier alpha value is -2.24. The summed E-state index contributed by atoms with van der Waals surface area (Å²) in [5.74, 6) is -4.95. The highest BCUT2D eigenvalue weighted by atomic mass is 19.3. The predicted octanol–water partition coefficient (Wildman–Crippen LogP) is 3.81. The maximum Gasteiger partial charge on any atom is 0.350 e. The number of amides is 1. The van der Waals surface area contributed by atoms with Crippen LogP contribution in [0, 0.1) is 13.8 Å². The van der Waals surface area contributed by atoms with E-state index in [9.17, 15) is 13.6 Å². The van der Waals surface area contributed by atoms with Gasteiger partial charge >= 0.3 is 5.92 Å². The number of rotatable bonds is 4. The van der Waals surface area contributed by atoms with Crippen LogP contribution in [0.1, 0.15) is 36.8 Å². The minimum Gasteiger partial charge on any atom is -0.317 e. The van der Waals surface area contributed by atoms with Gasteiger partial charge in [0.2, 0.25) is 0 Å². The Morgan fingerprint density at radius 2 is 1.82 bits per heavy atom. The molecule has 118 valence electrons. The smallest absolute Gasteiger partial charge is 0.317 e. The Kier molecular flexibility index (Phi) is 4.30. The molecule has 0 bridgehead atoms. The number of aromatic nitrogens is 2.